The Morgan fingerprint density at radius 3 is 1.90 bits per heavy atom. The first-order valence-corrected chi connectivity index (χ1v) is 7.86. The van der Waals surface area contributed by atoms with Gasteiger partial charge in [-0.05, 0) is 68.2 Å². The monoisotopic (exact) mass is 275 g/mol. The zero-order valence-electron chi connectivity index (χ0n) is 14.7. The van der Waals surface area contributed by atoms with E-state index < -0.39 is 0 Å². The number of hydrogen-bond donors (Lipinski definition) is 1. The predicted octanol–water partition coefficient (Wildman–Crippen LogP) is 5.68. The molecule has 0 spiro atoms. The van der Waals surface area contributed by atoms with Gasteiger partial charge in [-0.3, -0.25) is 0 Å². The molecule has 0 aliphatic carbocycles. The maximum Gasteiger partial charge on any atom is 0.0349 e. The van der Waals surface area contributed by atoms with E-state index in [2.05, 4.69) is 78.9 Å². The fraction of sp³-hybridized carbons (Fsp3) is 0.684. The summed E-state index contributed by atoms with van der Waals surface area (Å²) < 4.78 is 0. The van der Waals surface area contributed by atoms with E-state index in [0.717, 1.165) is 12.8 Å². The van der Waals surface area contributed by atoms with Crippen LogP contribution in [0.3, 0.4) is 0 Å². The number of nitrogens with one attached hydrogen (secondary N) is 1. The molecule has 1 aromatic rings. The fourth-order valence-corrected chi connectivity index (χ4v) is 2.57. The molecule has 0 radical (unpaired) electrons. The minimum absolute atomic E-state index is 0.107. The zero-order chi connectivity index (χ0) is 15.6. The molecular weight excluding hydrogens is 242 g/mol. The average Bonchev–Trinajstić information content (AvgIpc) is 2.08. The van der Waals surface area contributed by atoms with Crippen molar-refractivity contribution in [2.24, 2.45) is 11.3 Å². The molecule has 1 N–H and O–H groups in total. The highest BCUT2D eigenvalue weighted by Crippen LogP contribution is 2.26. The molecule has 0 bridgehead atoms. The van der Waals surface area contributed by atoms with Crippen molar-refractivity contribution in [3.63, 3.8) is 0 Å². The van der Waals surface area contributed by atoms with Crippen LogP contribution in [0.5, 0.6) is 0 Å². The number of benzene rings is 1. The molecule has 0 amide bonds. The van der Waals surface area contributed by atoms with Crippen LogP contribution < -0.4 is 5.32 Å². The van der Waals surface area contributed by atoms with E-state index in [9.17, 15) is 0 Å². The molecule has 1 rings (SSSR count). The van der Waals surface area contributed by atoms with Crippen molar-refractivity contribution in [2.45, 2.75) is 73.8 Å². The molecule has 1 nitrogen and oxygen atoms in total. The maximum absolute atomic E-state index is 3.62. The van der Waals surface area contributed by atoms with E-state index >= 15 is 0 Å². The predicted molar refractivity (Wildman–Crippen MR) is 91.5 cm³/mol. The lowest BCUT2D eigenvalue weighted by molar-refractivity contribution is 0.411. The van der Waals surface area contributed by atoms with Crippen molar-refractivity contribution >= 4 is 5.69 Å². The van der Waals surface area contributed by atoms with E-state index in [4.69, 9.17) is 0 Å². The third-order valence-corrected chi connectivity index (χ3v) is 2.95. The van der Waals surface area contributed by atoms with Crippen LogP contribution >= 0.6 is 0 Å². The van der Waals surface area contributed by atoms with Crippen LogP contribution in [0.1, 0.15) is 66.5 Å². The zero-order valence-corrected chi connectivity index (χ0v) is 14.7. The largest absolute Gasteiger partial charge is 0.380 e. The first kappa shape index (κ1) is 17.1. The second-order valence-electron chi connectivity index (χ2n) is 8.75. The van der Waals surface area contributed by atoms with Crippen molar-refractivity contribution < 1.29 is 0 Å². The molecule has 0 aliphatic rings. The molecule has 0 unspecified atom stereocenters. The van der Waals surface area contributed by atoms with Gasteiger partial charge in [0.05, 0.1) is 0 Å². The third-order valence-electron chi connectivity index (χ3n) is 2.95. The molecule has 0 saturated carbocycles. The van der Waals surface area contributed by atoms with Crippen molar-refractivity contribution in [3.8, 4) is 0 Å². The lowest BCUT2D eigenvalue weighted by Crippen LogP contribution is -2.26. The summed E-state index contributed by atoms with van der Waals surface area (Å²) in [6.07, 6.45) is 2.27. The minimum atomic E-state index is 0.107. The Morgan fingerprint density at radius 2 is 1.45 bits per heavy atom. The number of hydrogen-bond acceptors (Lipinski definition) is 1. The van der Waals surface area contributed by atoms with Gasteiger partial charge < -0.3 is 5.32 Å². The van der Waals surface area contributed by atoms with E-state index in [1.807, 2.05) is 0 Å². The SMILES string of the molecule is CC(C)Cc1cc(CC(C)(C)C)cc(NC(C)(C)C)c1. The van der Waals surface area contributed by atoms with E-state index in [1.54, 1.807) is 0 Å². The van der Waals surface area contributed by atoms with Gasteiger partial charge in [0.25, 0.3) is 0 Å². The minimum Gasteiger partial charge on any atom is -0.380 e. The van der Waals surface area contributed by atoms with Crippen LogP contribution in [0.15, 0.2) is 18.2 Å². The molecule has 0 atom stereocenters. The van der Waals surface area contributed by atoms with Crippen LogP contribution in [-0.4, -0.2) is 5.54 Å². The maximum atomic E-state index is 3.62. The summed E-state index contributed by atoms with van der Waals surface area (Å²) in [5.41, 5.74) is 4.59. The summed E-state index contributed by atoms with van der Waals surface area (Å²) in [5.74, 6) is 0.697. The quantitative estimate of drug-likeness (QED) is 0.745. The number of rotatable bonds is 4. The average molecular weight is 275 g/mol. The highest BCUT2D eigenvalue weighted by Gasteiger charge is 2.15. The smallest absolute Gasteiger partial charge is 0.0349 e. The van der Waals surface area contributed by atoms with Gasteiger partial charge in [0.1, 0.15) is 0 Å². The highest BCUT2D eigenvalue weighted by molar-refractivity contribution is 5.50. The van der Waals surface area contributed by atoms with Gasteiger partial charge in [-0.25, -0.2) is 0 Å². The lowest BCUT2D eigenvalue weighted by atomic mass is 9.86. The first-order chi connectivity index (χ1) is 8.94. The Hall–Kier alpha value is -0.980. The summed E-state index contributed by atoms with van der Waals surface area (Å²) in [6.45, 7) is 18.1. The topological polar surface area (TPSA) is 12.0 Å². The highest BCUT2D eigenvalue weighted by atomic mass is 14.9. The van der Waals surface area contributed by atoms with Crippen LogP contribution in [0.25, 0.3) is 0 Å². The Bertz CT molecular complexity index is 396. The third kappa shape index (κ3) is 6.98. The van der Waals surface area contributed by atoms with Gasteiger partial charge in [0.2, 0.25) is 0 Å². The Labute approximate surface area is 126 Å². The molecule has 20 heavy (non-hydrogen) atoms. The summed E-state index contributed by atoms with van der Waals surface area (Å²) in [5, 5.41) is 3.62. The van der Waals surface area contributed by atoms with Crippen molar-refractivity contribution in [3.05, 3.63) is 29.3 Å². The molecule has 0 fully saturated rings. The van der Waals surface area contributed by atoms with Gasteiger partial charge in [0.15, 0.2) is 0 Å². The molecule has 1 aromatic carbocycles. The molecule has 1 heteroatoms. The Balaban J connectivity index is 3.07. The summed E-state index contributed by atoms with van der Waals surface area (Å²) >= 11 is 0. The molecule has 0 saturated heterocycles. The van der Waals surface area contributed by atoms with E-state index in [1.165, 1.54) is 16.8 Å². The summed E-state index contributed by atoms with van der Waals surface area (Å²) in [6, 6.07) is 7.02. The summed E-state index contributed by atoms with van der Waals surface area (Å²) in [4.78, 5) is 0. The van der Waals surface area contributed by atoms with Crippen LogP contribution in [0, 0.1) is 11.3 Å². The fourth-order valence-electron chi connectivity index (χ4n) is 2.57. The van der Waals surface area contributed by atoms with E-state index in [-0.39, 0.29) is 5.54 Å². The molecular formula is C19H33N. The van der Waals surface area contributed by atoms with E-state index in [0.29, 0.717) is 11.3 Å². The van der Waals surface area contributed by atoms with Crippen LogP contribution in [-0.2, 0) is 12.8 Å². The normalized spacial score (nSPS) is 12.8. The van der Waals surface area contributed by atoms with Gasteiger partial charge in [-0.2, -0.15) is 0 Å². The molecule has 114 valence electrons. The van der Waals surface area contributed by atoms with Gasteiger partial charge in [0, 0.05) is 11.2 Å². The second-order valence-corrected chi connectivity index (χ2v) is 8.75. The summed E-state index contributed by atoms with van der Waals surface area (Å²) in [7, 11) is 0. The van der Waals surface area contributed by atoms with Gasteiger partial charge in [-0.15, -0.1) is 0 Å². The van der Waals surface area contributed by atoms with Crippen molar-refractivity contribution in [2.75, 3.05) is 5.32 Å². The standard InChI is InChI=1S/C19H33N/c1-14(2)9-15-10-16(13-18(3,4)5)12-17(11-15)20-19(6,7)8/h10-12,14,20H,9,13H2,1-8H3. The Morgan fingerprint density at radius 1 is 0.900 bits per heavy atom. The molecule has 0 aliphatic heterocycles. The second kappa shape index (κ2) is 6.20. The van der Waals surface area contributed by atoms with Crippen molar-refractivity contribution in [1.82, 2.24) is 0 Å². The number of anilines is 1. The molecule has 0 heterocycles. The molecule has 0 aromatic heterocycles. The van der Waals surface area contributed by atoms with Gasteiger partial charge >= 0.3 is 0 Å². The first-order valence-electron chi connectivity index (χ1n) is 7.86. The Kier molecular flexibility index (Phi) is 5.29. The van der Waals surface area contributed by atoms with Crippen molar-refractivity contribution in [1.29, 1.82) is 0 Å². The lowest BCUT2D eigenvalue weighted by Gasteiger charge is -2.25. The van der Waals surface area contributed by atoms with Crippen LogP contribution in [0.4, 0.5) is 5.69 Å². The van der Waals surface area contributed by atoms with Gasteiger partial charge in [-0.1, -0.05) is 40.7 Å². The van der Waals surface area contributed by atoms with Crippen LogP contribution in [0.2, 0.25) is 0 Å².